The molecule has 0 bridgehead atoms. The van der Waals surface area contributed by atoms with Gasteiger partial charge in [-0.05, 0) is 17.9 Å². The largest absolute Gasteiger partial charge is 0.469 e. The second kappa shape index (κ2) is 8.52. The summed E-state index contributed by atoms with van der Waals surface area (Å²) >= 11 is 1.75. The zero-order chi connectivity index (χ0) is 13.2. The number of ether oxygens (including phenoxy) is 1. The summed E-state index contributed by atoms with van der Waals surface area (Å²) in [5.74, 6) is 0.479. The molecule has 1 aromatic heterocycles. The summed E-state index contributed by atoms with van der Waals surface area (Å²) in [5.41, 5.74) is 0. The van der Waals surface area contributed by atoms with Crippen molar-refractivity contribution in [2.45, 2.75) is 12.8 Å². The minimum atomic E-state index is -0.225. The van der Waals surface area contributed by atoms with Crippen LogP contribution in [0.15, 0.2) is 22.5 Å². The normalized spacial score (nSPS) is 11.1. The number of carbonyl (C=O) groups is 1. The van der Waals surface area contributed by atoms with Gasteiger partial charge in [0.1, 0.15) is 0 Å². The Kier molecular flexibility index (Phi) is 6.86. The van der Waals surface area contributed by atoms with E-state index in [-0.39, 0.29) is 5.97 Å². The standard InChI is InChI=1S/C12H19N3O2S/c1-13-12(15-8-6-11(16)17-2)14-7-5-10-4-3-9-18-10/h3-4,9H,5-8H2,1-2H3,(H2,13,14,15). The van der Waals surface area contributed by atoms with Crippen molar-refractivity contribution in [1.82, 2.24) is 10.6 Å². The maximum atomic E-state index is 10.9. The second-order valence-electron chi connectivity index (χ2n) is 3.58. The minimum absolute atomic E-state index is 0.225. The van der Waals surface area contributed by atoms with E-state index in [9.17, 15) is 4.79 Å². The van der Waals surface area contributed by atoms with E-state index in [4.69, 9.17) is 0 Å². The number of thiophene rings is 1. The van der Waals surface area contributed by atoms with Gasteiger partial charge in [0.15, 0.2) is 5.96 Å². The maximum absolute atomic E-state index is 10.9. The van der Waals surface area contributed by atoms with Crippen LogP contribution in [0.5, 0.6) is 0 Å². The molecule has 0 spiro atoms. The van der Waals surface area contributed by atoms with Gasteiger partial charge in [0.2, 0.25) is 0 Å². The first-order valence-electron chi connectivity index (χ1n) is 5.80. The maximum Gasteiger partial charge on any atom is 0.307 e. The Morgan fingerprint density at radius 2 is 2.22 bits per heavy atom. The Labute approximate surface area is 111 Å². The third kappa shape index (κ3) is 5.67. The van der Waals surface area contributed by atoms with Crippen molar-refractivity contribution in [3.63, 3.8) is 0 Å². The lowest BCUT2D eigenvalue weighted by molar-refractivity contribution is -0.140. The lowest BCUT2D eigenvalue weighted by atomic mass is 10.3. The Morgan fingerprint density at radius 1 is 1.44 bits per heavy atom. The van der Waals surface area contributed by atoms with Gasteiger partial charge in [-0.25, -0.2) is 0 Å². The van der Waals surface area contributed by atoms with Crippen molar-refractivity contribution in [2.75, 3.05) is 27.2 Å². The second-order valence-corrected chi connectivity index (χ2v) is 4.61. The molecule has 0 saturated carbocycles. The third-order valence-corrected chi connectivity index (χ3v) is 3.25. The van der Waals surface area contributed by atoms with Gasteiger partial charge >= 0.3 is 5.97 Å². The molecule has 1 aromatic rings. The molecule has 1 rings (SSSR count). The first kappa shape index (κ1) is 14.5. The van der Waals surface area contributed by atoms with Crippen LogP contribution in [0, 0.1) is 0 Å². The fraction of sp³-hybridized carbons (Fsp3) is 0.500. The third-order valence-electron chi connectivity index (χ3n) is 2.32. The number of methoxy groups -OCH3 is 1. The highest BCUT2D eigenvalue weighted by molar-refractivity contribution is 7.09. The average molecular weight is 269 g/mol. The molecule has 5 nitrogen and oxygen atoms in total. The molecule has 6 heteroatoms. The highest BCUT2D eigenvalue weighted by Crippen LogP contribution is 2.07. The predicted octanol–water partition coefficient (Wildman–Crippen LogP) is 1.02. The lowest BCUT2D eigenvalue weighted by Gasteiger charge is -2.10. The summed E-state index contributed by atoms with van der Waals surface area (Å²) in [4.78, 5) is 16.3. The Balaban J connectivity index is 2.16. The van der Waals surface area contributed by atoms with Gasteiger partial charge in [-0.3, -0.25) is 9.79 Å². The predicted molar refractivity (Wildman–Crippen MR) is 74.0 cm³/mol. The van der Waals surface area contributed by atoms with Gasteiger partial charge in [0.05, 0.1) is 13.5 Å². The van der Waals surface area contributed by atoms with Crippen LogP contribution in [0.2, 0.25) is 0 Å². The average Bonchev–Trinajstić information content (AvgIpc) is 2.89. The molecule has 0 radical (unpaired) electrons. The van der Waals surface area contributed by atoms with Crippen molar-refractivity contribution in [2.24, 2.45) is 4.99 Å². The molecule has 0 saturated heterocycles. The quantitative estimate of drug-likeness (QED) is 0.460. The van der Waals surface area contributed by atoms with Crippen LogP contribution in [0.4, 0.5) is 0 Å². The van der Waals surface area contributed by atoms with E-state index < -0.39 is 0 Å². The first-order valence-corrected chi connectivity index (χ1v) is 6.68. The molecular formula is C12H19N3O2S. The number of hydrogen-bond acceptors (Lipinski definition) is 4. The molecule has 100 valence electrons. The summed E-state index contributed by atoms with van der Waals surface area (Å²) in [6, 6.07) is 4.16. The molecule has 1 heterocycles. The molecule has 0 aromatic carbocycles. The molecule has 18 heavy (non-hydrogen) atoms. The fourth-order valence-electron chi connectivity index (χ4n) is 1.36. The summed E-state index contributed by atoms with van der Waals surface area (Å²) < 4.78 is 4.56. The molecule has 2 N–H and O–H groups in total. The molecule has 0 amide bonds. The number of esters is 1. The van der Waals surface area contributed by atoms with Gasteiger partial charge in [0.25, 0.3) is 0 Å². The highest BCUT2D eigenvalue weighted by atomic mass is 32.1. The first-order chi connectivity index (χ1) is 8.76. The molecule has 0 aliphatic carbocycles. The van der Waals surface area contributed by atoms with Crippen LogP contribution in [-0.4, -0.2) is 39.2 Å². The molecule has 0 atom stereocenters. The van der Waals surface area contributed by atoms with Crippen LogP contribution in [0.1, 0.15) is 11.3 Å². The number of aliphatic imine (C=N–C) groups is 1. The summed E-state index contributed by atoms with van der Waals surface area (Å²) in [5, 5.41) is 8.32. The van der Waals surface area contributed by atoms with Crippen molar-refractivity contribution < 1.29 is 9.53 Å². The van der Waals surface area contributed by atoms with Crippen LogP contribution < -0.4 is 10.6 Å². The van der Waals surface area contributed by atoms with Crippen molar-refractivity contribution >= 4 is 23.3 Å². The number of hydrogen-bond donors (Lipinski definition) is 2. The Morgan fingerprint density at radius 3 is 2.83 bits per heavy atom. The fourth-order valence-corrected chi connectivity index (χ4v) is 2.07. The zero-order valence-corrected chi connectivity index (χ0v) is 11.5. The number of rotatable bonds is 6. The molecule has 0 unspecified atom stereocenters. The van der Waals surface area contributed by atoms with E-state index in [0.717, 1.165) is 13.0 Å². The van der Waals surface area contributed by atoms with Crippen molar-refractivity contribution in [3.8, 4) is 0 Å². The Bertz CT molecular complexity index is 377. The lowest BCUT2D eigenvalue weighted by Crippen LogP contribution is -2.39. The van der Waals surface area contributed by atoms with Crippen LogP contribution in [0.25, 0.3) is 0 Å². The van der Waals surface area contributed by atoms with Crippen LogP contribution >= 0.6 is 11.3 Å². The molecular weight excluding hydrogens is 250 g/mol. The topological polar surface area (TPSA) is 62.7 Å². The van der Waals surface area contributed by atoms with E-state index in [2.05, 4.69) is 31.8 Å². The van der Waals surface area contributed by atoms with Gasteiger partial charge in [0, 0.05) is 25.0 Å². The number of guanidine groups is 1. The number of carbonyl (C=O) groups excluding carboxylic acids is 1. The van der Waals surface area contributed by atoms with E-state index in [0.29, 0.717) is 18.9 Å². The Hall–Kier alpha value is -1.56. The zero-order valence-electron chi connectivity index (χ0n) is 10.7. The monoisotopic (exact) mass is 269 g/mol. The van der Waals surface area contributed by atoms with Gasteiger partial charge < -0.3 is 15.4 Å². The van der Waals surface area contributed by atoms with Crippen LogP contribution in [-0.2, 0) is 16.0 Å². The van der Waals surface area contributed by atoms with Gasteiger partial charge in [-0.1, -0.05) is 6.07 Å². The molecule has 0 aliphatic rings. The minimum Gasteiger partial charge on any atom is -0.469 e. The summed E-state index contributed by atoms with van der Waals surface area (Å²) in [6.45, 7) is 1.34. The van der Waals surface area contributed by atoms with Gasteiger partial charge in [-0.2, -0.15) is 0 Å². The van der Waals surface area contributed by atoms with Gasteiger partial charge in [-0.15, -0.1) is 11.3 Å². The van der Waals surface area contributed by atoms with Crippen LogP contribution in [0.3, 0.4) is 0 Å². The SMILES string of the molecule is CN=C(NCCC(=O)OC)NCCc1cccs1. The number of nitrogens with one attached hydrogen (secondary N) is 2. The molecule has 0 aliphatic heterocycles. The molecule has 0 fully saturated rings. The van der Waals surface area contributed by atoms with E-state index in [1.807, 2.05) is 6.07 Å². The van der Waals surface area contributed by atoms with Crippen molar-refractivity contribution in [1.29, 1.82) is 0 Å². The van der Waals surface area contributed by atoms with Crippen molar-refractivity contribution in [3.05, 3.63) is 22.4 Å². The van der Waals surface area contributed by atoms with E-state index in [1.165, 1.54) is 12.0 Å². The van der Waals surface area contributed by atoms with E-state index in [1.54, 1.807) is 18.4 Å². The highest BCUT2D eigenvalue weighted by Gasteiger charge is 2.01. The number of nitrogens with zero attached hydrogens (tertiary/aromatic N) is 1. The summed E-state index contributed by atoms with van der Waals surface area (Å²) in [7, 11) is 3.09. The van der Waals surface area contributed by atoms with E-state index >= 15 is 0 Å². The summed E-state index contributed by atoms with van der Waals surface area (Å²) in [6.07, 6.45) is 1.30. The smallest absolute Gasteiger partial charge is 0.307 e.